The highest BCUT2D eigenvalue weighted by molar-refractivity contribution is 7.21. The van der Waals surface area contributed by atoms with Crippen molar-refractivity contribution >= 4 is 49.8 Å². The average Bonchev–Trinajstić information content (AvgIpc) is 3.38. The van der Waals surface area contributed by atoms with Crippen LogP contribution < -0.4 is 10.6 Å². The smallest absolute Gasteiger partial charge is 0.263 e. The third-order valence-electron chi connectivity index (χ3n) is 6.19. The highest BCUT2D eigenvalue weighted by atomic mass is 32.1. The van der Waals surface area contributed by atoms with Crippen molar-refractivity contribution in [3.8, 4) is 11.3 Å². The van der Waals surface area contributed by atoms with Gasteiger partial charge in [0.15, 0.2) is 0 Å². The Morgan fingerprint density at radius 3 is 2.84 bits per heavy atom. The van der Waals surface area contributed by atoms with Crippen molar-refractivity contribution in [2.24, 2.45) is 0 Å². The monoisotopic (exact) mass is 440 g/mol. The minimum Gasteiger partial charge on any atom is -0.381 e. The van der Waals surface area contributed by atoms with Crippen molar-refractivity contribution in [3.63, 3.8) is 0 Å². The Kier molecular flexibility index (Phi) is 4.26. The van der Waals surface area contributed by atoms with E-state index >= 15 is 0 Å². The van der Waals surface area contributed by atoms with Crippen LogP contribution in [0.2, 0.25) is 0 Å². The van der Waals surface area contributed by atoms with Gasteiger partial charge >= 0.3 is 0 Å². The number of rotatable bonds is 2. The summed E-state index contributed by atoms with van der Waals surface area (Å²) in [6, 6.07) is 14.3. The lowest BCUT2D eigenvalue weighted by atomic mass is 9.99. The van der Waals surface area contributed by atoms with E-state index in [0.717, 1.165) is 53.9 Å². The molecule has 6 nitrogen and oxygen atoms in total. The van der Waals surface area contributed by atoms with Gasteiger partial charge in [-0.2, -0.15) is 0 Å². The predicted molar refractivity (Wildman–Crippen MR) is 128 cm³/mol. The maximum Gasteiger partial charge on any atom is 0.263 e. The highest BCUT2D eigenvalue weighted by Gasteiger charge is 2.25. The summed E-state index contributed by atoms with van der Waals surface area (Å²) < 4.78 is 1.07. The Labute approximate surface area is 188 Å². The second-order valence-corrected chi connectivity index (χ2v) is 9.08. The van der Waals surface area contributed by atoms with E-state index in [9.17, 15) is 9.59 Å². The first-order valence-corrected chi connectivity index (χ1v) is 11.4. The molecule has 0 atom stereocenters. The van der Waals surface area contributed by atoms with Crippen molar-refractivity contribution in [3.05, 3.63) is 71.1 Å². The van der Waals surface area contributed by atoms with Gasteiger partial charge in [0.1, 0.15) is 4.88 Å². The van der Waals surface area contributed by atoms with E-state index in [1.807, 2.05) is 24.3 Å². The van der Waals surface area contributed by atoms with Crippen LogP contribution in [0.5, 0.6) is 0 Å². The van der Waals surface area contributed by atoms with Gasteiger partial charge in [-0.25, -0.2) is 4.98 Å². The predicted octanol–water partition coefficient (Wildman–Crippen LogP) is 4.30. The van der Waals surface area contributed by atoms with E-state index in [2.05, 4.69) is 35.4 Å². The molecule has 4 aromatic rings. The molecular weight excluding hydrogens is 420 g/mol. The van der Waals surface area contributed by atoms with Crippen molar-refractivity contribution in [1.29, 1.82) is 0 Å². The topological polar surface area (TPSA) is 74.3 Å². The van der Waals surface area contributed by atoms with Gasteiger partial charge in [0, 0.05) is 47.2 Å². The third-order valence-corrected chi connectivity index (χ3v) is 7.34. The summed E-state index contributed by atoms with van der Waals surface area (Å²) in [7, 11) is 0. The molecule has 0 unspecified atom stereocenters. The molecule has 0 radical (unpaired) electrons. The fourth-order valence-electron chi connectivity index (χ4n) is 4.67. The van der Waals surface area contributed by atoms with Crippen LogP contribution >= 0.6 is 11.3 Å². The van der Waals surface area contributed by atoms with E-state index in [-0.39, 0.29) is 11.8 Å². The number of carbonyl (C=O) groups is 2. The van der Waals surface area contributed by atoms with E-state index < -0.39 is 0 Å². The van der Waals surface area contributed by atoms with E-state index in [1.54, 1.807) is 4.90 Å². The van der Waals surface area contributed by atoms with Crippen LogP contribution in [-0.2, 0) is 17.9 Å². The SMILES string of the molecule is C=CC(=O)N1Cc2cccc(-c3ccc4c(ccc5sc6c(c54)NCCNC6=O)n3)c2C1. The molecular formula is C25H20N4O2S. The zero-order valence-electron chi connectivity index (χ0n) is 17.3. The molecule has 32 heavy (non-hydrogen) atoms. The summed E-state index contributed by atoms with van der Waals surface area (Å²) in [5, 5.41) is 8.45. The Balaban J connectivity index is 1.49. The molecule has 2 aliphatic rings. The fraction of sp³-hybridized carbons (Fsp3) is 0.160. The maximum atomic E-state index is 12.5. The van der Waals surface area contributed by atoms with Crippen LogP contribution in [0.4, 0.5) is 5.69 Å². The van der Waals surface area contributed by atoms with Crippen LogP contribution in [-0.4, -0.2) is 34.8 Å². The molecule has 0 bridgehead atoms. The summed E-state index contributed by atoms with van der Waals surface area (Å²) in [5.74, 6) is -0.0851. The summed E-state index contributed by atoms with van der Waals surface area (Å²) in [6.07, 6.45) is 1.36. The largest absolute Gasteiger partial charge is 0.381 e. The first-order valence-electron chi connectivity index (χ1n) is 10.5. The minimum absolute atomic E-state index is 0.0256. The van der Waals surface area contributed by atoms with Gasteiger partial charge in [0.25, 0.3) is 5.91 Å². The third kappa shape index (κ3) is 2.81. The number of amides is 2. The fourth-order valence-corrected chi connectivity index (χ4v) is 5.78. The molecule has 2 aromatic heterocycles. The molecule has 7 heteroatoms. The maximum absolute atomic E-state index is 12.5. The van der Waals surface area contributed by atoms with Crippen molar-refractivity contribution < 1.29 is 9.59 Å². The molecule has 0 spiro atoms. The van der Waals surface area contributed by atoms with Gasteiger partial charge in [-0.15, -0.1) is 11.3 Å². The first-order chi connectivity index (χ1) is 15.6. The second-order valence-electron chi connectivity index (χ2n) is 8.03. The Bertz CT molecular complexity index is 1460. The molecule has 4 heterocycles. The molecule has 0 aliphatic carbocycles. The van der Waals surface area contributed by atoms with E-state index in [4.69, 9.17) is 4.98 Å². The Hall–Kier alpha value is -3.71. The molecule has 2 aliphatic heterocycles. The van der Waals surface area contributed by atoms with E-state index in [1.165, 1.54) is 17.4 Å². The summed E-state index contributed by atoms with van der Waals surface area (Å²) in [5.41, 5.74) is 6.00. The molecule has 0 fully saturated rings. The van der Waals surface area contributed by atoms with Gasteiger partial charge in [-0.3, -0.25) is 9.59 Å². The lowest BCUT2D eigenvalue weighted by molar-refractivity contribution is -0.126. The second kappa shape index (κ2) is 7.17. The van der Waals surface area contributed by atoms with Crippen LogP contribution in [0.3, 0.4) is 0 Å². The molecule has 2 N–H and O–H groups in total. The molecule has 0 saturated carbocycles. The highest BCUT2D eigenvalue weighted by Crippen LogP contribution is 2.41. The zero-order valence-corrected chi connectivity index (χ0v) is 18.1. The Morgan fingerprint density at radius 2 is 1.97 bits per heavy atom. The molecule has 0 saturated heterocycles. The standard InChI is InChI=1S/C25H20N4O2S/c1-2-21(30)29-12-14-4-3-5-15(17(14)13-29)18-7-6-16-19(28-18)8-9-20-22(16)23-24(32-20)25(31)27-11-10-26-23/h2-9,26H,1,10-13H2,(H,27,31). The summed E-state index contributed by atoms with van der Waals surface area (Å²) >= 11 is 1.51. The van der Waals surface area contributed by atoms with Crippen LogP contribution in [0.15, 0.2) is 55.1 Å². The number of nitrogens with one attached hydrogen (secondary N) is 2. The quantitative estimate of drug-likeness (QED) is 0.456. The van der Waals surface area contributed by atoms with Crippen molar-refractivity contribution in [2.75, 3.05) is 18.4 Å². The number of hydrogen-bond donors (Lipinski definition) is 2. The average molecular weight is 441 g/mol. The van der Waals surface area contributed by atoms with Crippen LogP contribution in [0, 0.1) is 0 Å². The number of carbonyl (C=O) groups excluding carboxylic acids is 2. The number of benzene rings is 2. The number of pyridine rings is 1. The number of aromatic nitrogens is 1. The number of hydrogen-bond acceptors (Lipinski definition) is 5. The van der Waals surface area contributed by atoms with Crippen LogP contribution in [0.1, 0.15) is 20.8 Å². The van der Waals surface area contributed by atoms with Crippen LogP contribution in [0.25, 0.3) is 32.2 Å². The number of fused-ring (bicyclic) bond motifs is 6. The number of nitrogens with zero attached hydrogens (tertiary/aromatic N) is 2. The van der Waals surface area contributed by atoms with Gasteiger partial charge in [0.2, 0.25) is 5.91 Å². The molecule has 158 valence electrons. The van der Waals surface area contributed by atoms with Gasteiger partial charge < -0.3 is 15.5 Å². The minimum atomic E-state index is -0.0595. The number of thiophene rings is 1. The zero-order chi connectivity index (χ0) is 21.8. The lowest BCUT2D eigenvalue weighted by Crippen LogP contribution is -2.24. The van der Waals surface area contributed by atoms with Crippen molar-refractivity contribution in [1.82, 2.24) is 15.2 Å². The number of anilines is 1. The van der Waals surface area contributed by atoms with E-state index in [0.29, 0.717) is 26.2 Å². The summed E-state index contributed by atoms with van der Waals surface area (Å²) in [6.45, 7) is 6.07. The van der Waals surface area contributed by atoms with Crippen molar-refractivity contribution in [2.45, 2.75) is 13.1 Å². The summed E-state index contributed by atoms with van der Waals surface area (Å²) in [4.78, 5) is 32.1. The van der Waals surface area contributed by atoms with Gasteiger partial charge in [-0.1, -0.05) is 24.8 Å². The first kappa shape index (κ1) is 19.0. The molecule has 2 amide bonds. The normalized spacial score (nSPS) is 15.1. The van der Waals surface area contributed by atoms with Gasteiger partial charge in [-0.05, 0) is 41.5 Å². The molecule has 6 rings (SSSR count). The molecule has 2 aromatic carbocycles. The Morgan fingerprint density at radius 1 is 1.09 bits per heavy atom. The van der Waals surface area contributed by atoms with Gasteiger partial charge in [0.05, 0.1) is 16.9 Å². The lowest BCUT2D eigenvalue weighted by Gasteiger charge is -2.12.